The number of hydrogen-bond donors (Lipinski definition) is 2. The van der Waals surface area contributed by atoms with E-state index in [2.05, 4.69) is 5.32 Å². The number of benzene rings is 2. The molecule has 0 aliphatic heterocycles. The molecule has 0 spiro atoms. The standard InChI is InChI=1S/C22H17NO5/c1-28-22(11-9-13(10-12-22)21(26)27)23-17-8-4-7-16-18(17)20(25)15-6-3-2-5-14(15)19(16)24/h2-11,23H,12H2,1H3,(H,26,27). The van der Waals surface area contributed by atoms with Gasteiger partial charge in [-0.05, 0) is 18.2 Å². The van der Waals surface area contributed by atoms with Crippen LogP contribution in [0, 0.1) is 0 Å². The van der Waals surface area contributed by atoms with Gasteiger partial charge in [0, 0.05) is 35.9 Å². The van der Waals surface area contributed by atoms with E-state index in [9.17, 15) is 14.4 Å². The van der Waals surface area contributed by atoms with Crippen molar-refractivity contribution < 1.29 is 24.2 Å². The Morgan fingerprint density at radius 3 is 2.32 bits per heavy atom. The van der Waals surface area contributed by atoms with Crippen LogP contribution in [-0.4, -0.2) is 35.5 Å². The quantitative estimate of drug-likeness (QED) is 0.681. The maximum Gasteiger partial charge on any atom is 0.335 e. The number of aliphatic carboxylic acids is 1. The first-order valence-corrected chi connectivity index (χ1v) is 8.73. The van der Waals surface area contributed by atoms with Crippen molar-refractivity contribution in [2.45, 2.75) is 12.1 Å². The summed E-state index contributed by atoms with van der Waals surface area (Å²) in [6, 6.07) is 11.8. The molecule has 0 amide bonds. The molecule has 0 heterocycles. The van der Waals surface area contributed by atoms with E-state index in [4.69, 9.17) is 9.84 Å². The summed E-state index contributed by atoms with van der Waals surface area (Å²) in [5.74, 6) is -1.45. The van der Waals surface area contributed by atoms with E-state index >= 15 is 0 Å². The van der Waals surface area contributed by atoms with E-state index in [1.54, 1.807) is 54.6 Å². The number of ether oxygens (including phenoxy) is 1. The van der Waals surface area contributed by atoms with E-state index < -0.39 is 11.7 Å². The smallest absolute Gasteiger partial charge is 0.335 e. The van der Waals surface area contributed by atoms with Crippen molar-refractivity contribution in [3.63, 3.8) is 0 Å². The summed E-state index contributed by atoms with van der Waals surface area (Å²) in [7, 11) is 1.49. The maximum absolute atomic E-state index is 13.1. The number of nitrogens with one attached hydrogen (secondary N) is 1. The van der Waals surface area contributed by atoms with Crippen LogP contribution in [0.3, 0.4) is 0 Å². The summed E-state index contributed by atoms with van der Waals surface area (Å²) in [6.45, 7) is 0. The van der Waals surface area contributed by atoms with Crippen molar-refractivity contribution in [1.82, 2.24) is 0 Å². The van der Waals surface area contributed by atoms with Crippen LogP contribution >= 0.6 is 0 Å². The summed E-state index contributed by atoms with van der Waals surface area (Å²) in [4.78, 5) is 37.1. The van der Waals surface area contributed by atoms with E-state index in [-0.39, 0.29) is 23.6 Å². The molecule has 0 radical (unpaired) electrons. The average molecular weight is 375 g/mol. The third-order valence-electron chi connectivity index (χ3n) is 5.07. The third-order valence-corrected chi connectivity index (χ3v) is 5.07. The molecule has 6 heteroatoms. The number of carboxylic acids is 1. The van der Waals surface area contributed by atoms with Crippen molar-refractivity contribution in [1.29, 1.82) is 0 Å². The van der Waals surface area contributed by atoms with Gasteiger partial charge in [0.15, 0.2) is 17.3 Å². The van der Waals surface area contributed by atoms with Gasteiger partial charge >= 0.3 is 5.97 Å². The van der Waals surface area contributed by atoms with Gasteiger partial charge in [0.2, 0.25) is 0 Å². The molecule has 2 N–H and O–H groups in total. The Balaban J connectivity index is 1.76. The summed E-state index contributed by atoms with van der Waals surface area (Å²) in [5.41, 5.74) is 1.01. The molecule has 140 valence electrons. The number of fused-ring (bicyclic) bond motifs is 2. The molecule has 0 fully saturated rings. The predicted molar refractivity (Wildman–Crippen MR) is 103 cm³/mol. The Morgan fingerprint density at radius 1 is 1.04 bits per heavy atom. The van der Waals surface area contributed by atoms with E-state index in [0.717, 1.165) is 0 Å². The molecule has 28 heavy (non-hydrogen) atoms. The predicted octanol–water partition coefficient (Wildman–Crippen LogP) is 3.19. The molecule has 1 unspecified atom stereocenters. The summed E-state index contributed by atoms with van der Waals surface area (Å²) in [5, 5.41) is 12.3. The zero-order valence-electron chi connectivity index (χ0n) is 15.1. The Kier molecular flexibility index (Phi) is 4.20. The number of carbonyl (C=O) groups excluding carboxylic acids is 2. The largest absolute Gasteiger partial charge is 0.478 e. The van der Waals surface area contributed by atoms with Gasteiger partial charge in [0.05, 0.1) is 11.1 Å². The molecular weight excluding hydrogens is 358 g/mol. The summed E-state index contributed by atoms with van der Waals surface area (Å²) in [6.07, 6.45) is 4.87. The molecule has 2 aliphatic rings. The maximum atomic E-state index is 13.1. The molecule has 2 aliphatic carbocycles. The van der Waals surface area contributed by atoms with Crippen LogP contribution in [0.2, 0.25) is 0 Å². The third kappa shape index (κ3) is 2.75. The Hall–Kier alpha value is -3.51. The van der Waals surface area contributed by atoms with Gasteiger partial charge in [-0.3, -0.25) is 9.59 Å². The number of hydrogen-bond acceptors (Lipinski definition) is 5. The molecule has 0 bridgehead atoms. The first-order valence-electron chi connectivity index (χ1n) is 8.73. The number of ketones is 2. The zero-order chi connectivity index (χ0) is 19.9. The minimum Gasteiger partial charge on any atom is -0.478 e. The second kappa shape index (κ2) is 6.58. The van der Waals surface area contributed by atoms with Crippen molar-refractivity contribution in [2.24, 2.45) is 0 Å². The minimum absolute atomic E-state index is 0.171. The van der Waals surface area contributed by atoms with E-state index in [0.29, 0.717) is 27.9 Å². The number of methoxy groups -OCH3 is 1. The summed E-state index contributed by atoms with van der Waals surface area (Å²) < 4.78 is 5.60. The van der Waals surface area contributed by atoms with Gasteiger partial charge < -0.3 is 15.2 Å². The van der Waals surface area contributed by atoms with Crippen molar-refractivity contribution in [2.75, 3.05) is 12.4 Å². The molecule has 2 aromatic rings. The highest BCUT2D eigenvalue weighted by Crippen LogP contribution is 2.35. The van der Waals surface area contributed by atoms with Crippen LogP contribution < -0.4 is 5.32 Å². The number of anilines is 1. The van der Waals surface area contributed by atoms with Gasteiger partial charge in [-0.1, -0.05) is 42.5 Å². The molecule has 0 aromatic heterocycles. The van der Waals surface area contributed by atoms with Gasteiger partial charge in [0.25, 0.3) is 0 Å². The van der Waals surface area contributed by atoms with E-state index in [1.165, 1.54) is 13.2 Å². The van der Waals surface area contributed by atoms with Gasteiger partial charge in [-0.2, -0.15) is 0 Å². The lowest BCUT2D eigenvalue weighted by molar-refractivity contribution is -0.132. The molecule has 6 nitrogen and oxygen atoms in total. The van der Waals surface area contributed by atoms with E-state index in [1.807, 2.05) is 0 Å². The molecular formula is C22H17NO5. The molecule has 2 aromatic carbocycles. The minimum atomic E-state index is -1.02. The van der Waals surface area contributed by atoms with Crippen LogP contribution in [0.5, 0.6) is 0 Å². The van der Waals surface area contributed by atoms with Gasteiger partial charge in [0.1, 0.15) is 0 Å². The SMILES string of the molecule is COC1(Nc2cccc3c2C(=O)c2ccccc2C3=O)C=CC(C(=O)O)=CC1. The second-order valence-corrected chi connectivity index (χ2v) is 6.65. The highest BCUT2D eigenvalue weighted by atomic mass is 16.5. The number of carbonyl (C=O) groups is 3. The Morgan fingerprint density at radius 2 is 1.71 bits per heavy atom. The van der Waals surface area contributed by atoms with Crippen LogP contribution in [0.25, 0.3) is 0 Å². The lowest BCUT2D eigenvalue weighted by atomic mass is 9.83. The molecule has 1 atom stereocenters. The Bertz CT molecular complexity index is 1080. The van der Waals surface area contributed by atoms with Crippen molar-refractivity contribution in [3.8, 4) is 0 Å². The number of carboxylic acid groups (broad SMARTS) is 1. The Labute approximate surface area is 161 Å². The normalized spacial score (nSPS) is 20.2. The topological polar surface area (TPSA) is 92.7 Å². The van der Waals surface area contributed by atoms with Crippen LogP contribution in [-0.2, 0) is 9.53 Å². The fourth-order valence-electron chi connectivity index (χ4n) is 3.55. The molecule has 4 rings (SSSR count). The highest BCUT2D eigenvalue weighted by molar-refractivity contribution is 6.30. The van der Waals surface area contributed by atoms with Crippen LogP contribution in [0.4, 0.5) is 5.69 Å². The molecule has 0 saturated heterocycles. The fraction of sp³-hybridized carbons (Fsp3) is 0.136. The number of rotatable bonds is 4. The van der Waals surface area contributed by atoms with Crippen molar-refractivity contribution in [3.05, 3.63) is 88.5 Å². The molecule has 0 saturated carbocycles. The van der Waals surface area contributed by atoms with Crippen molar-refractivity contribution >= 4 is 23.2 Å². The monoisotopic (exact) mass is 375 g/mol. The van der Waals surface area contributed by atoms with Crippen LogP contribution in [0.1, 0.15) is 38.3 Å². The summed E-state index contributed by atoms with van der Waals surface area (Å²) >= 11 is 0. The van der Waals surface area contributed by atoms with Gasteiger partial charge in [-0.15, -0.1) is 0 Å². The fourth-order valence-corrected chi connectivity index (χ4v) is 3.55. The first-order chi connectivity index (χ1) is 13.5. The van der Waals surface area contributed by atoms with Gasteiger partial charge in [-0.25, -0.2) is 4.79 Å². The lowest BCUT2D eigenvalue weighted by Crippen LogP contribution is -2.40. The second-order valence-electron chi connectivity index (χ2n) is 6.65. The average Bonchev–Trinajstić information content (AvgIpc) is 2.72. The lowest BCUT2D eigenvalue weighted by Gasteiger charge is -2.34. The van der Waals surface area contributed by atoms with Crippen LogP contribution in [0.15, 0.2) is 66.3 Å². The zero-order valence-corrected chi connectivity index (χ0v) is 15.1. The first kappa shape index (κ1) is 17.9. The highest BCUT2D eigenvalue weighted by Gasteiger charge is 2.35.